The van der Waals surface area contributed by atoms with Gasteiger partial charge in [-0.15, -0.1) is 0 Å². The molecule has 0 heterocycles. The topological polar surface area (TPSA) is 44.2 Å². The zero-order chi connectivity index (χ0) is 9.80. The Balaban J connectivity index is 0.00000112. The van der Waals surface area contributed by atoms with Crippen LogP contribution in [0.3, 0.4) is 0 Å². The van der Waals surface area contributed by atoms with Gasteiger partial charge >= 0.3 is 0 Å². The van der Waals surface area contributed by atoms with Crippen LogP contribution in [0.2, 0.25) is 0 Å². The van der Waals surface area contributed by atoms with Crippen LogP contribution in [-0.4, -0.2) is 0 Å². The van der Waals surface area contributed by atoms with Gasteiger partial charge < -0.3 is 10.9 Å². The number of benzene rings is 2. The number of hydrogen-bond donors (Lipinski definition) is 1. The quantitative estimate of drug-likeness (QED) is 0.810. The summed E-state index contributed by atoms with van der Waals surface area (Å²) in [5.41, 5.74) is 0. The molecule has 0 bridgehead atoms. The van der Waals surface area contributed by atoms with Crippen molar-refractivity contribution >= 4 is 0 Å². The van der Waals surface area contributed by atoms with E-state index in [4.69, 9.17) is 4.74 Å². The van der Waals surface area contributed by atoms with Gasteiger partial charge in [0.25, 0.3) is 0 Å². The minimum absolute atomic E-state index is 0. The van der Waals surface area contributed by atoms with Crippen molar-refractivity contribution in [3.8, 4) is 11.5 Å². The number of ether oxygens (including phenoxy) is 1. The molecule has 0 fully saturated rings. The van der Waals surface area contributed by atoms with Crippen LogP contribution >= 0.6 is 0 Å². The van der Waals surface area contributed by atoms with Gasteiger partial charge in [0.15, 0.2) is 0 Å². The summed E-state index contributed by atoms with van der Waals surface area (Å²) < 4.78 is 18.2. The fourth-order valence-corrected chi connectivity index (χ4v) is 1.16. The Bertz CT molecular complexity index is 417. The summed E-state index contributed by atoms with van der Waals surface area (Å²) in [7, 11) is 0. The molecular formula is C12H12FNO. The third kappa shape index (κ3) is 3.07. The third-order valence-corrected chi connectivity index (χ3v) is 1.77. The maximum absolute atomic E-state index is 12.8. The minimum atomic E-state index is -0.293. The maximum Gasteiger partial charge on any atom is 0.130 e. The molecule has 3 heteroatoms. The van der Waals surface area contributed by atoms with E-state index in [1.807, 2.05) is 30.3 Å². The lowest BCUT2D eigenvalue weighted by atomic mass is 10.3. The first-order valence-corrected chi connectivity index (χ1v) is 4.33. The van der Waals surface area contributed by atoms with E-state index < -0.39 is 0 Å². The maximum atomic E-state index is 12.8. The summed E-state index contributed by atoms with van der Waals surface area (Å²) >= 11 is 0. The van der Waals surface area contributed by atoms with Gasteiger partial charge in [-0.25, -0.2) is 4.39 Å². The van der Waals surface area contributed by atoms with Crippen LogP contribution in [0.25, 0.3) is 0 Å². The van der Waals surface area contributed by atoms with Gasteiger partial charge in [-0.1, -0.05) is 24.3 Å². The van der Waals surface area contributed by atoms with E-state index in [1.54, 1.807) is 12.1 Å². The molecule has 0 aliphatic rings. The lowest BCUT2D eigenvalue weighted by Gasteiger charge is -2.04. The predicted octanol–water partition coefficient (Wildman–Crippen LogP) is 3.78. The molecule has 2 aromatic rings. The second-order valence-electron chi connectivity index (χ2n) is 2.87. The van der Waals surface area contributed by atoms with Crippen LogP contribution in [0.4, 0.5) is 4.39 Å². The van der Waals surface area contributed by atoms with Crippen LogP contribution in [0.1, 0.15) is 0 Å². The molecule has 0 aromatic heterocycles. The van der Waals surface area contributed by atoms with E-state index in [0.29, 0.717) is 11.5 Å². The molecule has 0 atom stereocenters. The summed E-state index contributed by atoms with van der Waals surface area (Å²) in [6.45, 7) is 0. The molecule has 3 N–H and O–H groups in total. The molecule has 2 nitrogen and oxygen atoms in total. The Morgan fingerprint density at radius 1 is 0.800 bits per heavy atom. The molecule has 0 amide bonds. The van der Waals surface area contributed by atoms with Gasteiger partial charge in [0.2, 0.25) is 0 Å². The van der Waals surface area contributed by atoms with Crippen molar-refractivity contribution in [2.45, 2.75) is 0 Å². The number of hydrogen-bond acceptors (Lipinski definition) is 2. The van der Waals surface area contributed by atoms with Gasteiger partial charge in [-0.3, -0.25) is 0 Å². The smallest absolute Gasteiger partial charge is 0.130 e. The third-order valence-electron chi connectivity index (χ3n) is 1.77. The number of halogens is 1. The van der Waals surface area contributed by atoms with Gasteiger partial charge in [0.1, 0.15) is 17.3 Å². The summed E-state index contributed by atoms with van der Waals surface area (Å²) in [6.07, 6.45) is 0. The van der Waals surface area contributed by atoms with E-state index in [1.165, 1.54) is 12.1 Å². The first kappa shape index (κ1) is 11.2. The van der Waals surface area contributed by atoms with Gasteiger partial charge in [0.05, 0.1) is 0 Å². The Morgan fingerprint density at radius 3 is 2.13 bits per heavy atom. The fourth-order valence-electron chi connectivity index (χ4n) is 1.16. The monoisotopic (exact) mass is 205 g/mol. The fraction of sp³-hybridized carbons (Fsp3) is 0. The molecule has 0 aliphatic carbocycles. The zero-order valence-corrected chi connectivity index (χ0v) is 8.19. The number of rotatable bonds is 2. The normalized spacial score (nSPS) is 9.13. The van der Waals surface area contributed by atoms with Crippen molar-refractivity contribution in [3.63, 3.8) is 0 Å². The minimum Gasteiger partial charge on any atom is -0.457 e. The molecule has 2 aromatic carbocycles. The van der Waals surface area contributed by atoms with Crippen molar-refractivity contribution < 1.29 is 9.13 Å². The zero-order valence-electron chi connectivity index (χ0n) is 8.19. The number of para-hydroxylation sites is 1. The van der Waals surface area contributed by atoms with Crippen LogP contribution in [0.15, 0.2) is 54.6 Å². The first-order chi connectivity index (χ1) is 6.84. The lowest BCUT2D eigenvalue weighted by Crippen LogP contribution is -1.83. The molecule has 78 valence electrons. The molecule has 0 saturated heterocycles. The average molecular weight is 205 g/mol. The Kier molecular flexibility index (Phi) is 3.83. The average Bonchev–Trinajstić information content (AvgIpc) is 2.19. The van der Waals surface area contributed by atoms with Crippen LogP contribution in [-0.2, 0) is 0 Å². The molecule has 0 spiro atoms. The van der Waals surface area contributed by atoms with Gasteiger partial charge in [0, 0.05) is 6.07 Å². The Hall–Kier alpha value is -1.87. The van der Waals surface area contributed by atoms with Crippen LogP contribution < -0.4 is 10.9 Å². The molecule has 0 saturated carbocycles. The second kappa shape index (κ2) is 5.12. The van der Waals surface area contributed by atoms with Crippen molar-refractivity contribution in [2.75, 3.05) is 0 Å². The van der Waals surface area contributed by atoms with Crippen molar-refractivity contribution in [3.05, 3.63) is 60.4 Å². The molecule has 15 heavy (non-hydrogen) atoms. The Morgan fingerprint density at radius 2 is 1.47 bits per heavy atom. The summed E-state index contributed by atoms with van der Waals surface area (Å²) in [5, 5.41) is 0. The van der Waals surface area contributed by atoms with E-state index in [2.05, 4.69) is 0 Å². The highest BCUT2D eigenvalue weighted by Gasteiger charge is 1.96. The Labute approximate surface area is 87.9 Å². The van der Waals surface area contributed by atoms with E-state index in [9.17, 15) is 4.39 Å². The predicted molar refractivity (Wildman–Crippen MR) is 57.9 cm³/mol. The van der Waals surface area contributed by atoms with E-state index in [0.717, 1.165) is 0 Å². The van der Waals surface area contributed by atoms with Crippen molar-refractivity contribution in [1.82, 2.24) is 6.15 Å². The van der Waals surface area contributed by atoms with E-state index >= 15 is 0 Å². The summed E-state index contributed by atoms with van der Waals surface area (Å²) in [6, 6.07) is 15.4. The highest BCUT2D eigenvalue weighted by Crippen LogP contribution is 2.20. The van der Waals surface area contributed by atoms with Crippen molar-refractivity contribution in [2.24, 2.45) is 0 Å². The van der Waals surface area contributed by atoms with Crippen molar-refractivity contribution in [1.29, 1.82) is 0 Å². The largest absolute Gasteiger partial charge is 0.457 e. The molecular weight excluding hydrogens is 193 g/mol. The van der Waals surface area contributed by atoms with Crippen LogP contribution in [0, 0.1) is 5.82 Å². The second-order valence-corrected chi connectivity index (χ2v) is 2.87. The molecule has 0 radical (unpaired) electrons. The highest BCUT2D eigenvalue weighted by molar-refractivity contribution is 5.30. The van der Waals surface area contributed by atoms with E-state index in [-0.39, 0.29) is 12.0 Å². The van der Waals surface area contributed by atoms with Gasteiger partial charge in [-0.2, -0.15) is 0 Å². The summed E-state index contributed by atoms with van der Waals surface area (Å²) in [5.74, 6) is 0.924. The molecule has 0 unspecified atom stereocenters. The SMILES string of the molecule is Fc1cccc(Oc2ccccc2)c1.N. The van der Waals surface area contributed by atoms with Gasteiger partial charge in [-0.05, 0) is 24.3 Å². The lowest BCUT2D eigenvalue weighted by molar-refractivity contribution is 0.477. The summed E-state index contributed by atoms with van der Waals surface area (Å²) in [4.78, 5) is 0. The molecule has 2 rings (SSSR count). The van der Waals surface area contributed by atoms with Crippen LogP contribution in [0.5, 0.6) is 11.5 Å². The molecule has 0 aliphatic heterocycles. The first-order valence-electron chi connectivity index (χ1n) is 4.33. The highest BCUT2D eigenvalue weighted by atomic mass is 19.1. The standard InChI is InChI=1S/C12H9FO.H3N/c13-10-5-4-8-12(9-10)14-11-6-2-1-3-7-11;/h1-9H;1H3.